The van der Waals surface area contributed by atoms with Gasteiger partial charge in [0.1, 0.15) is 22.7 Å². The molecule has 0 radical (unpaired) electrons. The maximum Gasteiger partial charge on any atom is 0.308 e. The molecule has 2 aromatic carbocycles. The van der Waals surface area contributed by atoms with Gasteiger partial charge in [0.05, 0.1) is 0 Å². The first kappa shape index (κ1) is 19.1. The summed E-state index contributed by atoms with van der Waals surface area (Å²) in [5.41, 5.74) is 0.881. The molecule has 3 rings (SSSR count). The maximum atomic E-state index is 11.3. The lowest BCUT2D eigenvalue weighted by atomic mass is 9.78. The van der Waals surface area contributed by atoms with Gasteiger partial charge in [-0.05, 0) is 48.2 Å². The standard InChI is InChI=1S/C22H24O5/c1-5-21(17-9-7-11-19(13-17)25-15(3)23)22(6-2,27-21)18-10-8-12-20(14-18)26-16(4)24/h7-14H,5-6H2,1-4H3. The van der Waals surface area contributed by atoms with Gasteiger partial charge in [-0.1, -0.05) is 38.1 Å². The molecule has 27 heavy (non-hydrogen) atoms. The van der Waals surface area contributed by atoms with Gasteiger partial charge >= 0.3 is 11.9 Å². The Morgan fingerprint density at radius 2 is 1.22 bits per heavy atom. The first-order valence-electron chi connectivity index (χ1n) is 9.15. The first-order valence-corrected chi connectivity index (χ1v) is 9.15. The second kappa shape index (κ2) is 7.16. The van der Waals surface area contributed by atoms with Crippen LogP contribution >= 0.6 is 0 Å². The van der Waals surface area contributed by atoms with Crippen molar-refractivity contribution in [3.05, 3.63) is 59.7 Å². The van der Waals surface area contributed by atoms with Crippen LogP contribution in [0.2, 0.25) is 0 Å². The summed E-state index contributed by atoms with van der Waals surface area (Å²) in [6, 6.07) is 14.9. The Morgan fingerprint density at radius 3 is 1.56 bits per heavy atom. The lowest BCUT2D eigenvalue weighted by Gasteiger charge is -2.20. The predicted molar refractivity (Wildman–Crippen MR) is 101 cm³/mol. The highest BCUT2D eigenvalue weighted by Crippen LogP contribution is 2.66. The van der Waals surface area contributed by atoms with E-state index >= 15 is 0 Å². The molecule has 1 fully saturated rings. The van der Waals surface area contributed by atoms with E-state index in [1.807, 2.05) is 36.4 Å². The third-order valence-electron chi connectivity index (χ3n) is 5.08. The molecule has 0 aliphatic carbocycles. The summed E-state index contributed by atoms with van der Waals surface area (Å²) in [6.07, 6.45) is 1.50. The number of hydrogen-bond acceptors (Lipinski definition) is 5. The summed E-state index contributed by atoms with van der Waals surface area (Å²) in [5.74, 6) is 0.291. The number of esters is 2. The van der Waals surface area contributed by atoms with E-state index in [0.717, 1.165) is 24.0 Å². The van der Waals surface area contributed by atoms with E-state index in [1.165, 1.54) is 13.8 Å². The Kier molecular flexibility index (Phi) is 5.07. The zero-order valence-corrected chi connectivity index (χ0v) is 16.1. The van der Waals surface area contributed by atoms with Gasteiger partial charge in [0.25, 0.3) is 0 Å². The van der Waals surface area contributed by atoms with Crippen LogP contribution in [0.15, 0.2) is 48.5 Å². The predicted octanol–water partition coefficient (Wildman–Crippen LogP) is 4.48. The summed E-state index contributed by atoms with van der Waals surface area (Å²) in [5, 5.41) is 0. The zero-order valence-electron chi connectivity index (χ0n) is 16.1. The van der Waals surface area contributed by atoms with Crippen LogP contribution in [0.4, 0.5) is 0 Å². The van der Waals surface area contributed by atoms with Crippen LogP contribution < -0.4 is 9.47 Å². The number of ether oxygens (including phenoxy) is 3. The van der Waals surface area contributed by atoms with Crippen molar-refractivity contribution >= 4 is 11.9 Å². The normalized spacial score (nSPS) is 23.6. The molecule has 2 atom stereocenters. The van der Waals surface area contributed by atoms with Gasteiger partial charge in [-0.2, -0.15) is 0 Å². The highest BCUT2D eigenvalue weighted by Gasteiger charge is 2.69. The molecular formula is C22H24O5. The van der Waals surface area contributed by atoms with Crippen LogP contribution in [0.5, 0.6) is 11.5 Å². The fourth-order valence-electron chi connectivity index (χ4n) is 3.93. The quantitative estimate of drug-likeness (QED) is 0.427. The number of carbonyl (C=O) groups excluding carboxylic acids is 2. The second-order valence-electron chi connectivity index (χ2n) is 6.71. The van der Waals surface area contributed by atoms with E-state index in [4.69, 9.17) is 14.2 Å². The summed E-state index contributed by atoms with van der Waals surface area (Å²) in [4.78, 5) is 22.6. The van der Waals surface area contributed by atoms with E-state index in [-0.39, 0.29) is 11.9 Å². The molecule has 0 saturated carbocycles. The van der Waals surface area contributed by atoms with Crippen molar-refractivity contribution in [3.63, 3.8) is 0 Å². The molecule has 1 saturated heterocycles. The highest BCUT2D eigenvalue weighted by atomic mass is 16.6. The average Bonchev–Trinajstić information content (AvgIpc) is 3.32. The molecule has 0 aromatic heterocycles. The Bertz CT molecular complexity index is 803. The van der Waals surface area contributed by atoms with Gasteiger partial charge in [0, 0.05) is 13.8 Å². The van der Waals surface area contributed by atoms with Crippen molar-refractivity contribution in [1.29, 1.82) is 0 Å². The van der Waals surface area contributed by atoms with Gasteiger partial charge in [0.2, 0.25) is 0 Å². The lowest BCUT2D eigenvalue weighted by molar-refractivity contribution is -0.132. The zero-order chi connectivity index (χ0) is 19.7. The highest BCUT2D eigenvalue weighted by molar-refractivity contribution is 5.70. The molecule has 1 heterocycles. The van der Waals surface area contributed by atoms with Crippen molar-refractivity contribution in [2.24, 2.45) is 0 Å². The summed E-state index contributed by atoms with van der Waals surface area (Å²) >= 11 is 0. The fourth-order valence-corrected chi connectivity index (χ4v) is 3.93. The SMILES string of the molecule is CCC1(c2cccc(OC(C)=O)c2)OC1(CC)c1cccc(OC(C)=O)c1. The van der Waals surface area contributed by atoms with Crippen LogP contribution in [0.1, 0.15) is 51.7 Å². The maximum absolute atomic E-state index is 11.3. The summed E-state index contributed by atoms with van der Waals surface area (Å²) in [7, 11) is 0. The first-order chi connectivity index (χ1) is 12.9. The van der Waals surface area contributed by atoms with Crippen LogP contribution in [0.3, 0.4) is 0 Å². The van der Waals surface area contributed by atoms with Crippen molar-refractivity contribution in [1.82, 2.24) is 0 Å². The fraction of sp³-hybridized carbons (Fsp3) is 0.364. The number of carbonyl (C=O) groups is 2. The van der Waals surface area contributed by atoms with Crippen molar-refractivity contribution in [2.75, 3.05) is 0 Å². The number of benzene rings is 2. The molecule has 1 aliphatic heterocycles. The monoisotopic (exact) mass is 368 g/mol. The van der Waals surface area contributed by atoms with Crippen molar-refractivity contribution in [2.45, 2.75) is 51.7 Å². The minimum atomic E-state index is -0.521. The minimum Gasteiger partial charge on any atom is -0.427 e. The third-order valence-corrected chi connectivity index (χ3v) is 5.08. The molecule has 0 spiro atoms. The van der Waals surface area contributed by atoms with E-state index in [9.17, 15) is 9.59 Å². The summed E-state index contributed by atoms with van der Waals surface area (Å²) in [6.45, 7) is 6.91. The molecule has 2 aromatic rings. The van der Waals surface area contributed by atoms with E-state index in [1.54, 1.807) is 12.1 Å². The van der Waals surface area contributed by atoms with Gasteiger partial charge in [-0.25, -0.2) is 0 Å². The van der Waals surface area contributed by atoms with E-state index in [2.05, 4.69) is 13.8 Å². The Balaban J connectivity index is 2.01. The molecule has 2 unspecified atom stereocenters. The van der Waals surface area contributed by atoms with Gasteiger partial charge in [0.15, 0.2) is 0 Å². The molecule has 142 valence electrons. The number of rotatable bonds is 6. The van der Waals surface area contributed by atoms with E-state index < -0.39 is 11.2 Å². The van der Waals surface area contributed by atoms with Crippen LogP contribution in [-0.2, 0) is 25.5 Å². The van der Waals surface area contributed by atoms with Gasteiger partial charge in [-0.3, -0.25) is 9.59 Å². The number of hydrogen-bond donors (Lipinski definition) is 0. The molecule has 5 heteroatoms. The van der Waals surface area contributed by atoms with Crippen molar-refractivity contribution < 1.29 is 23.8 Å². The van der Waals surface area contributed by atoms with Crippen LogP contribution in [0, 0.1) is 0 Å². The summed E-state index contributed by atoms with van der Waals surface area (Å²) < 4.78 is 16.9. The second-order valence-corrected chi connectivity index (χ2v) is 6.71. The molecule has 0 N–H and O–H groups in total. The Morgan fingerprint density at radius 1 is 0.815 bits per heavy atom. The van der Waals surface area contributed by atoms with Crippen LogP contribution in [0.25, 0.3) is 0 Å². The number of epoxide rings is 1. The molecule has 0 amide bonds. The molecule has 1 aliphatic rings. The Hall–Kier alpha value is -2.66. The molecular weight excluding hydrogens is 344 g/mol. The lowest BCUT2D eigenvalue weighted by Crippen LogP contribution is -2.22. The third kappa shape index (κ3) is 3.35. The van der Waals surface area contributed by atoms with Crippen molar-refractivity contribution in [3.8, 4) is 11.5 Å². The van der Waals surface area contributed by atoms with E-state index in [0.29, 0.717) is 11.5 Å². The molecule has 5 nitrogen and oxygen atoms in total. The minimum absolute atomic E-state index is 0.356. The smallest absolute Gasteiger partial charge is 0.308 e. The topological polar surface area (TPSA) is 65.1 Å². The van der Waals surface area contributed by atoms with Crippen LogP contribution in [-0.4, -0.2) is 11.9 Å². The molecule has 0 bridgehead atoms. The van der Waals surface area contributed by atoms with Gasteiger partial charge in [-0.15, -0.1) is 0 Å². The van der Waals surface area contributed by atoms with Gasteiger partial charge < -0.3 is 14.2 Å². The average molecular weight is 368 g/mol. The largest absolute Gasteiger partial charge is 0.427 e. The Labute approximate surface area is 159 Å².